The summed E-state index contributed by atoms with van der Waals surface area (Å²) in [6.07, 6.45) is 0. The van der Waals surface area contributed by atoms with Crippen molar-refractivity contribution in [3.63, 3.8) is 0 Å². The van der Waals surface area contributed by atoms with E-state index >= 15 is 0 Å². The summed E-state index contributed by atoms with van der Waals surface area (Å²) in [5.41, 5.74) is 9.14. The molecule has 0 aliphatic carbocycles. The highest BCUT2D eigenvalue weighted by Gasteiger charge is 2.10. The summed E-state index contributed by atoms with van der Waals surface area (Å²) in [5.74, 6) is 0.839. The number of anilines is 1. The first-order valence-electron chi connectivity index (χ1n) is 8.23. The van der Waals surface area contributed by atoms with Crippen LogP contribution in [0.1, 0.15) is 17.2 Å². The Labute approximate surface area is 153 Å². The first-order chi connectivity index (χ1) is 12.2. The van der Waals surface area contributed by atoms with Gasteiger partial charge in [0.2, 0.25) is 0 Å². The average molecular weight is 353 g/mol. The van der Waals surface area contributed by atoms with Crippen LogP contribution in [-0.4, -0.2) is 6.54 Å². The fourth-order valence-corrected chi connectivity index (χ4v) is 2.79. The Bertz CT molecular complexity index is 791. The minimum atomic E-state index is 0.0154. The van der Waals surface area contributed by atoms with Crippen molar-refractivity contribution in [2.24, 2.45) is 5.73 Å². The molecule has 0 aliphatic heterocycles. The van der Waals surface area contributed by atoms with Crippen molar-refractivity contribution in [2.45, 2.75) is 12.6 Å². The first kappa shape index (κ1) is 17.3. The second-order valence-corrected chi connectivity index (χ2v) is 6.22. The Hall–Kier alpha value is -2.49. The van der Waals surface area contributed by atoms with Gasteiger partial charge in [-0.3, -0.25) is 0 Å². The van der Waals surface area contributed by atoms with Gasteiger partial charge in [0.15, 0.2) is 0 Å². The largest absolute Gasteiger partial charge is 0.489 e. The van der Waals surface area contributed by atoms with E-state index in [1.54, 1.807) is 0 Å². The summed E-state index contributed by atoms with van der Waals surface area (Å²) in [4.78, 5) is 0. The number of ether oxygens (including phenoxy) is 1. The van der Waals surface area contributed by atoms with Gasteiger partial charge in [0, 0.05) is 17.3 Å². The molecule has 128 valence electrons. The molecule has 0 aromatic heterocycles. The molecule has 0 heterocycles. The van der Waals surface area contributed by atoms with Crippen LogP contribution in [0.15, 0.2) is 78.9 Å². The zero-order valence-electron chi connectivity index (χ0n) is 13.9. The Morgan fingerprint density at radius 2 is 1.68 bits per heavy atom. The average Bonchev–Trinajstić information content (AvgIpc) is 2.66. The molecule has 0 amide bonds. The smallest absolute Gasteiger partial charge is 0.119 e. The molecule has 0 radical (unpaired) electrons. The van der Waals surface area contributed by atoms with Gasteiger partial charge in [-0.1, -0.05) is 60.1 Å². The molecule has 3 aromatic rings. The van der Waals surface area contributed by atoms with Crippen LogP contribution in [0.4, 0.5) is 5.69 Å². The van der Waals surface area contributed by atoms with Crippen LogP contribution in [-0.2, 0) is 6.61 Å². The number of hydrogen-bond donors (Lipinski definition) is 2. The zero-order valence-corrected chi connectivity index (χ0v) is 14.6. The van der Waals surface area contributed by atoms with Crippen LogP contribution in [0.5, 0.6) is 5.75 Å². The number of rotatable bonds is 7. The van der Waals surface area contributed by atoms with E-state index in [1.165, 1.54) is 0 Å². The van der Waals surface area contributed by atoms with E-state index in [9.17, 15) is 0 Å². The van der Waals surface area contributed by atoms with Crippen molar-refractivity contribution in [1.29, 1.82) is 0 Å². The lowest BCUT2D eigenvalue weighted by Crippen LogP contribution is -2.20. The molecular formula is C21H21ClN2O. The molecular weight excluding hydrogens is 332 g/mol. The van der Waals surface area contributed by atoms with E-state index in [0.717, 1.165) is 22.6 Å². The topological polar surface area (TPSA) is 47.3 Å². The predicted molar refractivity (Wildman–Crippen MR) is 104 cm³/mol. The number of hydrogen-bond acceptors (Lipinski definition) is 3. The SMILES string of the molecule is NCC(Nc1cccc(Cl)c1)c1ccc(OCc2ccccc2)cc1. The van der Waals surface area contributed by atoms with E-state index < -0.39 is 0 Å². The highest BCUT2D eigenvalue weighted by molar-refractivity contribution is 6.30. The molecule has 0 spiro atoms. The normalized spacial score (nSPS) is 11.8. The van der Waals surface area contributed by atoms with Gasteiger partial charge in [0.05, 0.1) is 6.04 Å². The van der Waals surface area contributed by atoms with Gasteiger partial charge in [-0.15, -0.1) is 0 Å². The predicted octanol–water partition coefficient (Wildman–Crippen LogP) is 5.03. The van der Waals surface area contributed by atoms with E-state index in [1.807, 2.05) is 78.9 Å². The lowest BCUT2D eigenvalue weighted by molar-refractivity contribution is 0.306. The van der Waals surface area contributed by atoms with Gasteiger partial charge in [0.25, 0.3) is 0 Å². The van der Waals surface area contributed by atoms with Gasteiger partial charge in [-0.25, -0.2) is 0 Å². The number of benzene rings is 3. The maximum atomic E-state index is 6.04. The molecule has 0 bridgehead atoms. The van der Waals surface area contributed by atoms with Crippen molar-refractivity contribution in [1.82, 2.24) is 0 Å². The molecule has 3 nitrogen and oxygen atoms in total. The van der Waals surface area contributed by atoms with Crippen LogP contribution >= 0.6 is 11.6 Å². The first-order valence-corrected chi connectivity index (χ1v) is 8.61. The summed E-state index contributed by atoms with van der Waals surface area (Å²) >= 11 is 6.04. The van der Waals surface area contributed by atoms with Crippen molar-refractivity contribution in [3.05, 3.63) is 95.0 Å². The summed E-state index contributed by atoms with van der Waals surface area (Å²) in [7, 11) is 0. The van der Waals surface area contributed by atoms with E-state index in [4.69, 9.17) is 22.1 Å². The number of halogens is 1. The van der Waals surface area contributed by atoms with Crippen LogP contribution in [0.25, 0.3) is 0 Å². The molecule has 1 unspecified atom stereocenters. The third-order valence-electron chi connectivity index (χ3n) is 3.93. The van der Waals surface area contributed by atoms with Crippen molar-refractivity contribution < 1.29 is 4.74 Å². The number of nitrogens with one attached hydrogen (secondary N) is 1. The molecule has 3 aromatic carbocycles. The monoisotopic (exact) mass is 352 g/mol. The quantitative estimate of drug-likeness (QED) is 0.626. The fourth-order valence-electron chi connectivity index (χ4n) is 2.60. The lowest BCUT2D eigenvalue weighted by atomic mass is 10.1. The van der Waals surface area contributed by atoms with Gasteiger partial charge in [0.1, 0.15) is 12.4 Å². The Balaban J connectivity index is 1.63. The molecule has 4 heteroatoms. The third-order valence-corrected chi connectivity index (χ3v) is 4.17. The van der Waals surface area contributed by atoms with Gasteiger partial charge >= 0.3 is 0 Å². The van der Waals surface area contributed by atoms with Crippen molar-refractivity contribution in [3.8, 4) is 5.75 Å². The van der Waals surface area contributed by atoms with Crippen molar-refractivity contribution >= 4 is 17.3 Å². The van der Waals surface area contributed by atoms with E-state index in [2.05, 4.69) is 5.32 Å². The zero-order chi connectivity index (χ0) is 17.5. The number of nitrogens with two attached hydrogens (primary N) is 1. The Morgan fingerprint density at radius 1 is 0.920 bits per heavy atom. The van der Waals surface area contributed by atoms with Gasteiger partial charge < -0.3 is 15.8 Å². The van der Waals surface area contributed by atoms with Gasteiger partial charge in [-0.05, 0) is 41.5 Å². The van der Waals surface area contributed by atoms with Crippen LogP contribution in [0.2, 0.25) is 5.02 Å². The molecule has 1 atom stereocenters. The Morgan fingerprint density at radius 3 is 2.36 bits per heavy atom. The summed E-state index contributed by atoms with van der Waals surface area (Å²) in [5, 5.41) is 4.11. The highest BCUT2D eigenvalue weighted by atomic mass is 35.5. The molecule has 3 rings (SSSR count). The molecule has 0 saturated carbocycles. The highest BCUT2D eigenvalue weighted by Crippen LogP contribution is 2.23. The molecule has 0 saturated heterocycles. The summed E-state index contributed by atoms with van der Waals surface area (Å²) < 4.78 is 5.83. The fraction of sp³-hybridized carbons (Fsp3) is 0.143. The molecule has 0 aliphatic rings. The third kappa shape index (κ3) is 4.99. The second kappa shape index (κ2) is 8.56. The van der Waals surface area contributed by atoms with Crippen molar-refractivity contribution in [2.75, 3.05) is 11.9 Å². The van der Waals surface area contributed by atoms with Crippen LogP contribution in [0.3, 0.4) is 0 Å². The summed E-state index contributed by atoms with van der Waals surface area (Å²) in [6, 6.07) is 25.8. The maximum absolute atomic E-state index is 6.04. The molecule has 3 N–H and O–H groups in total. The molecule has 25 heavy (non-hydrogen) atoms. The lowest BCUT2D eigenvalue weighted by Gasteiger charge is -2.19. The summed E-state index contributed by atoms with van der Waals surface area (Å²) in [6.45, 7) is 1.04. The maximum Gasteiger partial charge on any atom is 0.119 e. The van der Waals surface area contributed by atoms with Crippen LogP contribution < -0.4 is 15.8 Å². The van der Waals surface area contributed by atoms with Crippen LogP contribution in [0, 0.1) is 0 Å². The van der Waals surface area contributed by atoms with Gasteiger partial charge in [-0.2, -0.15) is 0 Å². The van der Waals surface area contributed by atoms with E-state index in [0.29, 0.717) is 18.2 Å². The molecule has 0 fully saturated rings. The Kier molecular flexibility index (Phi) is 5.94. The standard InChI is InChI=1S/C21H21ClN2O/c22-18-7-4-8-19(13-18)24-21(14-23)17-9-11-20(12-10-17)25-15-16-5-2-1-3-6-16/h1-13,21,24H,14-15,23H2. The minimum Gasteiger partial charge on any atom is -0.489 e. The van der Waals surface area contributed by atoms with E-state index in [-0.39, 0.29) is 6.04 Å². The second-order valence-electron chi connectivity index (χ2n) is 5.79. The minimum absolute atomic E-state index is 0.0154.